The Kier molecular flexibility index (Phi) is 5.57. The van der Waals surface area contributed by atoms with Gasteiger partial charge >= 0.3 is 0 Å². The number of aryl methyl sites for hydroxylation is 1. The maximum atomic E-state index is 11.6. The van der Waals surface area contributed by atoms with Crippen molar-refractivity contribution in [2.24, 2.45) is 0 Å². The molecule has 0 bridgehead atoms. The second kappa shape index (κ2) is 6.70. The third-order valence-electron chi connectivity index (χ3n) is 2.49. The van der Waals surface area contributed by atoms with Crippen LogP contribution in [0.3, 0.4) is 0 Å². The van der Waals surface area contributed by atoms with Gasteiger partial charge in [-0.05, 0) is 17.9 Å². The zero-order valence-corrected chi connectivity index (χ0v) is 10.2. The van der Waals surface area contributed by atoms with Gasteiger partial charge in [-0.25, -0.2) is 0 Å². The number of thiophene rings is 1. The standard InChI is InChI=1S/C11H17NO4S/c13-6-11(7-14,8-15)12-10(16)4-3-9-2-1-5-17-9/h1-2,5,13-15H,3-4,6-8H2,(H,12,16). The lowest BCUT2D eigenvalue weighted by molar-refractivity contribution is -0.125. The number of aliphatic hydroxyl groups excluding tert-OH is 3. The summed E-state index contributed by atoms with van der Waals surface area (Å²) in [6, 6.07) is 3.85. The Morgan fingerprint density at radius 3 is 2.41 bits per heavy atom. The van der Waals surface area contributed by atoms with Gasteiger partial charge in [-0.2, -0.15) is 0 Å². The summed E-state index contributed by atoms with van der Waals surface area (Å²) in [6.45, 7) is -1.49. The van der Waals surface area contributed by atoms with Crippen molar-refractivity contribution < 1.29 is 20.1 Å². The van der Waals surface area contributed by atoms with Gasteiger partial charge in [-0.3, -0.25) is 4.79 Å². The van der Waals surface area contributed by atoms with Gasteiger partial charge in [-0.1, -0.05) is 6.07 Å². The van der Waals surface area contributed by atoms with E-state index in [1.54, 1.807) is 11.3 Å². The van der Waals surface area contributed by atoms with Gasteiger partial charge in [-0.15, -0.1) is 11.3 Å². The summed E-state index contributed by atoms with van der Waals surface area (Å²) < 4.78 is 0. The number of amides is 1. The molecule has 1 aromatic heterocycles. The minimum atomic E-state index is -1.33. The van der Waals surface area contributed by atoms with E-state index in [4.69, 9.17) is 15.3 Å². The van der Waals surface area contributed by atoms with Crippen LogP contribution in [0.5, 0.6) is 0 Å². The van der Waals surface area contributed by atoms with Crippen molar-refractivity contribution in [1.29, 1.82) is 0 Å². The topological polar surface area (TPSA) is 89.8 Å². The summed E-state index contributed by atoms with van der Waals surface area (Å²) in [6.07, 6.45) is 0.879. The van der Waals surface area contributed by atoms with Gasteiger partial charge in [0.05, 0.1) is 19.8 Å². The Labute approximate surface area is 104 Å². The normalized spacial score (nSPS) is 11.5. The zero-order valence-electron chi connectivity index (χ0n) is 9.43. The third-order valence-corrected chi connectivity index (χ3v) is 3.43. The second-order valence-electron chi connectivity index (χ2n) is 3.88. The molecule has 0 saturated heterocycles. The lowest BCUT2D eigenvalue weighted by Crippen LogP contribution is -2.57. The summed E-state index contributed by atoms with van der Waals surface area (Å²) in [5.41, 5.74) is -1.33. The predicted octanol–water partition coefficient (Wildman–Crippen LogP) is -0.487. The second-order valence-corrected chi connectivity index (χ2v) is 4.91. The van der Waals surface area contributed by atoms with Gasteiger partial charge < -0.3 is 20.6 Å². The molecule has 4 N–H and O–H groups in total. The van der Waals surface area contributed by atoms with Crippen LogP contribution in [0.4, 0.5) is 0 Å². The van der Waals surface area contributed by atoms with Gasteiger partial charge in [0.2, 0.25) is 5.91 Å². The maximum absolute atomic E-state index is 11.6. The molecule has 0 aliphatic carbocycles. The summed E-state index contributed by atoms with van der Waals surface area (Å²) in [5, 5.41) is 31.5. The predicted molar refractivity (Wildman–Crippen MR) is 64.8 cm³/mol. The molecule has 1 heterocycles. The van der Waals surface area contributed by atoms with E-state index >= 15 is 0 Å². The zero-order chi connectivity index (χ0) is 12.7. The van der Waals surface area contributed by atoms with Crippen LogP contribution < -0.4 is 5.32 Å². The number of carbonyl (C=O) groups is 1. The Balaban J connectivity index is 2.42. The SMILES string of the molecule is O=C(CCc1cccs1)NC(CO)(CO)CO. The van der Waals surface area contributed by atoms with E-state index in [2.05, 4.69) is 5.32 Å². The maximum Gasteiger partial charge on any atom is 0.221 e. The Morgan fingerprint density at radius 1 is 1.29 bits per heavy atom. The number of nitrogens with one attached hydrogen (secondary N) is 1. The first-order valence-electron chi connectivity index (χ1n) is 5.32. The Bertz CT molecular complexity index is 327. The minimum Gasteiger partial charge on any atom is -0.394 e. The van der Waals surface area contributed by atoms with Crippen molar-refractivity contribution in [3.8, 4) is 0 Å². The van der Waals surface area contributed by atoms with Gasteiger partial charge in [0, 0.05) is 11.3 Å². The smallest absolute Gasteiger partial charge is 0.221 e. The highest BCUT2D eigenvalue weighted by molar-refractivity contribution is 7.09. The molecular formula is C11H17NO4S. The monoisotopic (exact) mass is 259 g/mol. The molecule has 17 heavy (non-hydrogen) atoms. The molecule has 5 nitrogen and oxygen atoms in total. The largest absolute Gasteiger partial charge is 0.394 e. The van der Waals surface area contributed by atoms with Crippen LogP contribution >= 0.6 is 11.3 Å². The van der Waals surface area contributed by atoms with Gasteiger partial charge in [0.25, 0.3) is 0 Å². The summed E-state index contributed by atoms with van der Waals surface area (Å²) in [5.74, 6) is -0.296. The highest BCUT2D eigenvalue weighted by Crippen LogP contribution is 2.11. The molecule has 0 aromatic carbocycles. The molecule has 0 radical (unpaired) electrons. The van der Waals surface area contributed by atoms with Gasteiger partial charge in [0.15, 0.2) is 0 Å². The van der Waals surface area contributed by atoms with E-state index in [9.17, 15) is 4.79 Å². The van der Waals surface area contributed by atoms with Crippen molar-refractivity contribution in [1.82, 2.24) is 5.32 Å². The van der Waals surface area contributed by atoms with E-state index in [0.29, 0.717) is 6.42 Å². The van der Waals surface area contributed by atoms with Crippen molar-refractivity contribution in [3.63, 3.8) is 0 Å². The summed E-state index contributed by atoms with van der Waals surface area (Å²) >= 11 is 1.57. The molecule has 0 spiro atoms. The van der Waals surface area contributed by atoms with Crippen LogP contribution in [0.25, 0.3) is 0 Å². The quantitative estimate of drug-likeness (QED) is 0.532. The van der Waals surface area contributed by atoms with E-state index in [0.717, 1.165) is 4.88 Å². The Morgan fingerprint density at radius 2 is 1.94 bits per heavy atom. The molecular weight excluding hydrogens is 242 g/mol. The number of rotatable bonds is 7. The Hall–Kier alpha value is -0.950. The first kappa shape index (κ1) is 14.1. The number of carbonyl (C=O) groups excluding carboxylic acids is 1. The van der Waals surface area contributed by atoms with E-state index < -0.39 is 25.4 Å². The molecule has 96 valence electrons. The van der Waals surface area contributed by atoms with Crippen LogP contribution in [0.15, 0.2) is 17.5 Å². The van der Waals surface area contributed by atoms with Crippen LogP contribution in [-0.2, 0) is 11.2 Å². The van der Waals surface area contributed by atoms with Crippen molar-refractivity contribution in [2.45, 2.75) is 18.4 Å². The van der Waals surface area contributed by atoms with Crippen LogP contribution in [0.1, 0.15) is 11.3 Å². The number of hydrogen-bond donors (Lipinski definition) is 4. The van der Waals surface area contributed by atoms with Crippen molar-refractivity contribution >= 4 is 17.2 Å². The average Bonchev–Trinajstić information content (AvgIpc) is 2.87. The van der Waals surface area contributed by atoms with E-state index in [1.165, 1.54) is 0 Å². The molecule has 0 aliphatic rings. The number of hydrogen-bond acceptors (Lipinski definition) is 5. The molecule has 1 amide bonds. The van der Waals surface area contributed by atoms with Crippen LogP contribution in [-0.4, -0.2) is 46.6 Å². The van der Waals surface area contributed by atoms with E-state index in [-0.39, 0.29) is 12.3 Å². The van der Waals surface area contributed by atoms with E-state index in [1.807, 2.05) is 17.5 Å². The fourth-order valence-electron chi connectivity index (χ4n) is 1.32. The molecule has 6 heteroatoms. The molecule has 0 atom stereocenters. The fourth-order valence-corrected chi connectivity index (χ4v) is 2.03. The first-order valence-corrected chi connectivity index (χ1v) is 6.20. The molecule has 1 aromatic rings. The third kappa shape index (κ3) is 4.08. The summed E-state index contributed by atoms with van der Waals surface area (Å²) in [4.78, 5) is 12.7. The van der Waals surface area contributed by atoms with Gasteiger partial charge in [0.1, 0.15) is 5.54 Å². The molecule has 1 rings (SSSR count). The molecule has 0 saturated carbocycles. The number of aliphatic hydroxyl groups is 3. The highest BCUT2D eigenvalue weighted by atomic mass is 32.1. The van der Waals surface area contributed by atoms with Crippen molar-refractivity contribution in [2.75, 3.05) is 19.8 Å². The minimum absolute atomic E-state index is 0.266. The first-order chi connectivity index (χ1) is 8.15. The summed E-state index contributed by atoms with van der Waals surface area (Å²) in [7, 11) is 0. The highest BCUT2D eigenvalue weighted by Gasteiger charge is 2.29. The lowest BCUT2D eigenvalue weighted by Gasteiger charge is -2.28. The molecule has 0 unspecified atom stereocenters. The molecule has 0 aliphatic heterocycles. The molecule has 0 fully saturated rings. The van der Waals surface area contributed by atoms with Crippen LogP contribution in [0.2, 0.25) is 0 Å². The van der Waals surface area contributed by atoms with Crippen molar-refractivity contribution in [3.05, 3.63) is 22.4 Å². The fraction of sp³-hybridized carbons (Fsp3) is 0.545. The average molecular weight is 259 g/mol. The van der Waals surface area contributed by atoms with Crippen LogP contribution in [0, 0.1) is 0 Å². The lowest BCUT2D eigenvalue weighted by atomic mass is 10.0.